The minimum Gasteiger partial charge on any atom is -0.337 e. The van der Waals surface area contributed by atoms with Gasteiger partial charge >= 0.3 is 6.03 Å². The summed E-state index contributed by atoms with van der Waals surface area (Å²) in [5.41, 5.74) is 10.6. The van der Waals surface area contributed by atoms with Crippen molar-refractivity contribution in [3.05, 3.63) is 0 Å². The van der Waals surface area contributed by atoms with E-state index in [0.29, 0.717) is 26.2 Å². The second kappa shape index (κ2) is 7.82. The van der Waals surface area contributed by atoms with E-state index in [1.54, 1.807) is 4.90 Å². The highest BCUT2D eigenvalue weighted by Gasteiger charge is 2.09. The lowest BCUT2D eigenvalue weighted by Crippen LogP contribution is -2.44. The van der Waals surface area contributed by atoms with Crippen LogP contribution in [0.1, 0.15) is 13.3 Å². The molecule has 0 bridgehead atoms. The van der Waals surface area contributed by atoms with Crippen molar-refractivity contribution in [1.29, 1.82) is 0 Å². The molecule has 0 saturated carbocycles. The van der Waals surface area contributed by atoms with E-state index in [9.17, 15) is 4.79 Å². The SMILES string of the molecule is CCCN(CCN)C(=O)NCCN. The van der Waals surface area contributed by atoms with Gasteiger partial charge in [0.15, 0.2) is 0 Å². The molecule has 2 amide bonds. The fourth-order valence-electron chi connectivity index (χ4n) is 1.03. The molecule has 0 atom stereocenters. The minimum atomic E-state index is -0.0715. The van der Waals surface area contributed by atoms with Gasteiger partial charge in [0, 0.05) is 32.7 Å². The number of urea groups is 1. The largest absolute Gasteiger partial charge is 0.337 e. The average Bonchev–Trinajstić information content (AvgIpc) is 2.14. The Bertz CT molecular complexity index is 134. The molecule has 0 rings (SSSR count). The number of carbonyl (C=O) groups excluding carboxylic acids is 1. The molecule has 78 valence electrons. The number of carbonyl (C=O) groups is 1. The highest BCUT2D eigenvalue weighted by atomic mass is 16.2. The van der Waals surface area contributed by atoms with Gasteiger partial charge in [0.1, 0.15) is 0 Å². The molecule has 5 heteroatoms. The zero-order valence-corrected chi connectivity index (χ0v) is 8.25. The van der Waals surface area contributed by atoms with Gasteiger partial charge in [-0.1, -0.05) is 6.92 Å². The average molecular weight is 188 g/mol. The minimum absolute atomic E-state index is 0.0715. The lowest BCUT2D eigenvalue weighted by Gasteiger charge is -2.21. The van der Waals surface area contributed by atoms with Crippen LogP contribution in [0.3, 0.4) is 0 Å². The Morgan fingerprint density at radius 1 is 1.31 bits per heavy atom. The lowest BCUT2D eigenvalue weighted by atomic mass is 10.4. The van der Waals surface area contributed by atoms with Crippen molar-refractivity contribution in [3.8, 4) is 0 Å². The van der Waals surface area contributed by atoms with Gasteiger partial charge in [-0.3, -0.25) is 0 Å². The second-order valence-corrected chi connectivity index (χ2v) is 2.80. The number of hydrogen-bond acceptors (Lipinski definition) is 3. The first-order valence-corrected chi connectivity index (χ1v) is 4.69. The molecule has 0 saturated heterocycles. The third-order valence-electron chi connectivity index (χ3n) is 1.60. The molecule has 0 aromatic rings. The van der Waals surface area contributed by atoms with Crippen LogP contribution in [0.15, 0.2) is 0 Å². The van der Waals surface area contributed by atoms with Crippen LogP contribution >= 0.6 is 0 Å². The van der Waals surface area contributed by atoms with E-state index in [4.69, 9.17) is 11.5 Å². The fourth-order valence-corrected chi connectivity index (χ4v) is 1.03. The summed E-state index contributed by atoms with van der Waals surface area (Å²) in [5.74, 6) is 0. The number of rotatable bonds is 6. The van der Waals surface area contributed by atoms with Crippen LogP contribution in [-0.2, 0) is 0 Å². The molecule has 0 radical (unpaired) electrons. The Labute approximate surface area is 79.4 Å². The number of nitrogens with one attached hydrogen (secondary N) is 1. The summed E-state index contributed by atoms with van der Waals surface area (Å²) in [7, 11) is 0. The quantitative estimate of drug-likeness (QED) is 0.516. The third-order valence-corrected chi connectivity index (χ3v) is 1.60. The van der Waals surface area contributed by atoms with E-state index < -0.39 is 0 Å². The Balaban J connectivity index is 3.80. The molecular formula is C8H20N4O. The van der Waals surface area contributed by atoms with Crippen molar-refractivity contribution in [2.24, 2.45) is 11.5 Å². The summed E-state index contributed by atoms with van der Waals surface area (Å²) in [6.45, 7) is 4.85. The van der Waals surface area contributed by atoms with E-state index in [-0.39, 0.29) is 6.03 Å². The van der Waals surface area contributed by atoms with E-state index in [1.807, 2.05) is 6.92 Å². The summed E-state index contributed by atoms with van der Waals surface area (Å²) < 4.78 is 0. The van der Waals surface area contributed by atoms with Gasteiger partial charge in [-0.25, -0.2) is 4.79 Å². The molecule has 0 spiro atoms. The Kier molecular flexibility index (Phi) is 7.33. The molecule has 0 aromatic carbocycles. The zero-order chi connectivity index (χ0) is 10.1. The van der Waals surface area contributed by atoms with Gasteiger partial charge < -0.3 is 21.7 Å². The topological polar surface area (TPSA) is 84.4 Å². The van der Waals surface area contributed by atoms with Gasteiger partial charge in [0.2, 0.25) is 0 Å². The molecule has 5 nitrogen and oxygen atoms in total. The van der Waals surface area contributed by atoms with Gasteiger partial charge in [-0.15, -0.1) is 0 Å². The van der Waals surface area contributed by atoms with Crippen LogP contribution in [0.5, 0.6) is 0 Å². The zero-order valence-electron chi connectivity index (χ0n) is 8.25. The van der Waals surface area contributed by atoms with Crippen molar-refractivity contribution in [1.82, 2.24) is 10.2 Å². The Morgan fingerprint density at radius 2 is 2.00 bits per heavy atom. The van der Waals surface area contributed by atoms with Crippen LogP contribution in [0.4, 0.5) is 4.79 Å². The monoisotopic (exact) mass is 188 g/mol. The van der Waals surface area contributed by atoms with E-state index in [0.717, 1.165) is 13.0 Å². The van der Waals surface area contributed by atoms with Gasteiger partial charge in [0.05, 0.1) is 0 Å². The van der Waals surface area contributed by atoms with Crippen LogP contribution in [0, 0.1) is 0 Å². The standard InChI is InChI=1S/C8H20N4O/c1-2-6-12(7-4-10)8(13)11-5-3-9/h2-7,9-10H2,1H3,(H,11,13). The van der Waals surface area contributed by atoms with Crippen LogP contribution in [0.25, 0.3) is 0 Å². The first-order valence-electron chi connectivity index (χ1n) is 4.69. The normalized spacial score (nSPS) is 9.77. The lowest BCUT2D eigenvalue weighted by molar-refractivity contribution is 0.199. The summed E-state index contributed by atoms with van der Waals surface area (Å²) in [4.78, 5) is 13.1. The molecule has 5 N–H and O–H groups in total. The van der Waals surface area contributed by atoms with Crippen molar-refractivity contribution in [2.75, 3.05) is 32.7 Å². The van der Waals surface area contributed by atoms with E-state index in [2.05, 4.69) is 5.32 Å². The third kappa shape index (κ3) is 5.43. The number of amides is 2. The summed E-state index contributed by atoms with van der Waals surface area (Å²) in [5, 5.41) is 2.71. The predicted octanol–water partition coefficient (Wildman–Crippen LogP) is -0.675. The Hall–Kier alpha value is -0.810. The first-order chi connectivity index (χ1) is 6.26. The van der Waals surface area contributed by atoms with Crippen molar-refractivity contribution >= 4 is 6.03 Å². The molecule has 0 unspecified atom stereocenters. The highest BCUT2D eigenvalue weighted by molar-refractivity contribution is 5.74. The number of nitrogens with two attached hydrogens (primary N) is 2. The van der Waals surface area contributed by atoms with Crippen LogP contribution in [-0.4, -0.2) is 43.7 Å². The van der Waals surface area contributed by atoms with Crippen LogP contribution in [0.2, 0.25) is 0 Å². The maximum Gasteiger partial charge on any atom is 0.317 e. The molecule has 0 aliphatic rings. The summed E-state index contributed by atoms with van der Waals surface area (Å²) in [6.07, 6.45) is 0.941. The predicted molar refractivity (Wildman–Crippen MR) is 53.4 cm³/mol. The number of nitrogens with zero attached hydrogens (tertiary/aromatic N) is 1. The highest BCUT2D eigenvalue weighted by Crippen LogP contribution is 1.90. The molecule has 0 aliphatic carbocycles. The summed E-state index contributed by atoms with van der Waals surface area (Å²) in [6, 6.07) is -0.0715. The molecule has 13 heavy (non-hydrogen) atoms. The second-order valence-electron chi connectivity index (χ2n) is 2.80. The Morgan fingerprint density at radius 3 is 2.46 bits per heavy atom. The van der Waals surface area contributed by atoms with Crippen molar-refractivity contribution in [2.45, 2.75) is 13.3 Å². The fraction of sp³-hybridized carbons (Fsp3) is 0.875. The van der Waals surface area contributed by atoms with Gasteiger partial charge in [0.25, 0.3) is 0 Å². The van der Waals surface area contributed by atoms with E-state index in [1.165, 1.54) is 0 Å². The van der Waals surface area contributed by atoms with Gasteiger partial charge in [-0.2, -0.15) is 0 Å². The number of hydrogen-bond donors (Lipinski definition) is 3. The summed E-state index contributed by atoms with van der Waals surface area (Å²) >= 11 is 0. The van der Waals surface area contributed by atoms with Crippen LogP contribution < -0.4 is 16.8 Å². The molecular weight excluding hydrogens is 168 g/mol. The van der Waals surface area contributed by atoms with Crippen molar-refractivity contribution < 1.29 is 4.79 Å². The molecule has 0 aromatic heterocycles. The first kappa shape index (κ1) is 12.2. The maximum absolute atomic E-state index is 11.4. The van der Waals surface area contributed by atoms with Gasteiger partial charge in [-0.05, 0) is 6.42 Å². The molecule has 0 heterocycles. The van der Waals surface area contributed by atoms with Crippen molar-refractivity contribution in [3.63, 3.8) is 0 Å². The molecule has 0 fully saturated rings. The maximum atomic E-state index is 11.4. The smallest absolute Gasteiger partial charge is 0.317 e. The van der Waals surface area contributed by atoms with E-state index >= 15 is 0 Å². The molecule has 0 aliphatic heterocycles.